The molecule has 0 unspecified atom stereocenters. The molecule has 0 N–H and O–H groups in total. The first-order valence-electron chi connectivity index (χ1n) is 4.88. The maximum atomic E-state index is 4.45. The lowest BCUT2D eigenvalue weighted by molar-refractivity contribution is 0.836. The third-order valence-electron chi connectivity index (χ3n) is 2.21. The van der Waals surface area contributed by atoms with Crippen LogP contribution in [0.2, 0.25) is 0 Å². The van der Waals surface area contributed by atoms with Crippen LogP contribution in [0, 0.1) is 6.92 Å². The van der Waals surface area contributed by atoms with Crippen LogP contribution in [0.5, 0.6) is 0 Å². The van der Waals surface area contributed by atoms with Gasteiger partial charge in [-0.05, 0) is 19.4 Å². The predicted octanol–water partition coefficient (Wildman–Crippen LogP) is 2.29. The number of fused-ring (bicyclic) bond motifs is 1. The number of hydrogen-bond acceptors (Lipinski definition) is 3. The maximum absolute atomic E-state index is 4.45. The molecule has 0 saturated carbocycles. The Labute approximate surface area is 83.2 Å². The molecule has 14 heavy (non-hydrogen) atoms. The van der Waals surface area contributed by atoms with Gasteiger partial charge in [0, 0.05) is 23.7 Å². The van der Waals surface area contributed by atoms with Crippen molar-refractivity contribution in [2.75, 3.05) is 0 Å². The number of nitrogens with zero attached hydrogens (tertiary/aromatic N) is 3. The highest BCUT2D eigenvalue weighted by Crippen LogP contribution is 2.13. The monoisotopic (exact) mass is 187 g/mol. The van der Waals surface area contributed by atoms with Gasteiger partial charge in [0.15, 0.2) is 0 Å². The van der Waals surface area contributed by atoms with Crippen LogP contribution in [-0.4, -0.2) is 15.0 Å². The van der Waals surface area contributed by atoms with Gasteiger partial charge in [0.25, 0.3) is 0 Å². The Morgan fingerprint density at radius 1 is 1.29 bits per heavy atom. The highest BCUT2D eigenvalue weighted by Gasteiger charge is 2.02. The van der Waals surface area contributed by atoms with Gasteiger partial charge in [-0.15, -0.1) is 0 Å². The van der Waals surface area contributed by atoms with Crippen molar-refractivity contribution in [2.24, 2.45) is 0 Å². The summed E-state index contributed by atoms with van der Waals surface area (Å²) in [5.74, 6) is 0.922. The molecule has 2 aromatic rings. The lowest BCUT2D eigenvalue weighted by Crippen LogP contribution is -1.98. The highest BCUT2D eigenvalue weighted by molar-refractivity contribution is 5.79. The Hall–Kier alpha value is -1.51. The Morgan fingerprint density at radius 3 is 2.93 bits per heavy atom. The second-order valence-electron chi connectivity index (χ2n) is 3.37. The van der Waals surface area contributed by atoms with Gasteiger partial charge >= 0.3 is 0 Å². The molecule has 0 spiro atoms. The Bertz CT molecular complexity index is 451. The molecule has 0 bridgehead atoms. The molecule has 0 saturated heterocycles. The number of aryl methyl sites for hydroxylation is 2. The van der Waals surface area contributed by atoms with E-state index < -0.39 is 0 Å². The molecule has 2 rings (SSSR count). The zero-order valence-corrected chi connectivity index (χ0v) is 8.49. The number of pyridine rings is 1. The van der Waals surface area contributed by atoms with Crippen LogP contribution in [0.25, 0.3) is 10.9 Å². The van der Waals surface area contributed by atoms with Gasteiger partial charge in [-0.3, -0.25) is 4.98 Å². The van der Waals surface area contributed by atoms with Gasteiger partial charge in [-0.25, -0.2) is 9.97 Å². The van der Waals surface area contributed by atoms with Crippen molar-refractivity contribution in [3.8, 4) is 0 Å². The largest absolute Gasteiger partial charge is 0.262 e. The molecule has 0 aliphatic rings. The molecule has 72 valence electrons. The molecule has 2 aromatic heterocycles. The predicted molar refractivity (Wildman–Crippen MR) is 56.1 cm³/mol. The van der Waals surface area contributed by atoms with Crippen molar-refractivity contribution in [1.29, 1.82) is 0 Å². The molecule has 0 fully saturated rings. The van der Waals surface area contributed by atoms with Crippen LogP contribution >= 0.6 is 0 Å². The molecular weight excluding hydrogens is 174 g/mol. The minimum absolute atomic E-state index is 0.922. The zero-order valence-electron chi connectivity index (χ0n) is 8.49. The minimum Gasteiger partial charge on any atom is -0.262 e. The average molecular weight is 187 g/mol. The second kappa shape index (κ2) is 3.70. The van der Waals surface area contributed by atoms with E-state index in [0.717, 1.165) is 35.3 Å². The van der Waals surface area contributed by atoms with Gasteiger partial charge < -0.3 is 0 Å². The van der Waals surface area contributed by atoms with E-state index in [1.54, 1.807) is 12.4 Å². The zero-order chi connectivity index (χ0) is 9.97. The van der Waals surface area contributed by atoms with Crippen LogP contribution < -0.4 is 0 Å². The summed E-state index contributed by atoms with van der Waals surface area (Å²) in [7, 11) is 0. The smallest absolute Gasteiger partial charge is 0.129 e. The molecule has 0 atom stereocenters. The topological polar surface area (TPSA) is 38.7 Å². The summed E-state index contributed by atoms with van der Waals surface area (Å²) in [6, 6.07) is 1.96. The van der Waals surface area contributed by atoms with Crippen molar-refractivity contribution in [1.82, 2.24) is 15.0 Å². The molecule has 0 aromatic carbocycles. The van der Waals surface area contributed by atoms with Crippen LogP contribution in [-0.2, 0) is 6.42 Å². The number of hydrogen-bond donors (Lipinski definition) is 0. The SMILES string of the molecule is CCCc1nc(C)c2ccncc2n1. The van der Waals surface area contributed by atoms with Gasteiger partial charge in [-0.2, -0.15) is 0 Å². The van der Waals surface area contributed by atoms with Crippen LogP contribution in [0.3, 0.4) is 0 Å². The van der Waals surface area contributed by atoms with E-state index in [1.165, 1.54) is 0 Å². The number of aromatic nitrogens is 3. The molecule has 3 heteroatoms. The quantitative estimate of drug-likeness (QED) is 0.724. The van der Waals surface area contributed by atoms with E-state index in [0.29, 0.717) is 0 Å². The van der Waals surface area contributed by atoms with E-state index in [9.17, 15) is 0 Å². The van der Waals surface area contributed by atoms with E-state index in [2.05, 4.69) is 21.9 Å². The summed E-state index contributed by atoms with van der Waals surface area (Å²) < 4.78 is 0. The van der Waals surface area contributed by atoms with Gasteiger partial charge in [0.1, 0.15) is 5.82 Å². The van der Waals surface area contributed by atoms with E-state index in [4.69, 9.17) is 0 Å². The molecule has 0 amide bonds. The summed E-state index contributed by atoms with van der Waals surface area (Å²) in [6.45, 7) is 4.15. The summed E-state index contributed by atoms with van der Waals surface area (Å²) in [5, 5.41) is 1.10. The lowest BCUT2D eigenvalue weighted by Gasteiger charge is -2.03. The molecule has 0 aliphatic carbocycles. The first-order chi connectivity index (χ1) is 6.81. The molecule has 3 nitrogen and oxygen atoms in total. The van der Waals surface area contributed by atoms with Crippen molar-refractivity contribution < 1.29 is 0 Å². The standard InChI is InChI=1S/C11H13N3/c1-3-4-11-13-8(2)9-5-6-12-7-10(9)14-11/h5-7H,3-4H2,1-2H3. The fourth-order valence-corrected chi connectivity index (χ4v) is 1.53. The molecule has 2 heterocycles. The van der Waals surface area contributed by atoms with Gasteiger partial charge in [0.05, 0.1) is 11.7 Å². The Kier molecular flexibility index (Phi) is 2.39. The highest BCUT2D eigenvalue weighted by atomic mass is 14.9. The van der Waals surface area contributed by atoms with Crippen molar-refractivity contribution in [3.63, 3.8) is 0 Å². The van der Waals surface area contributed by atoms with E-state index in [1.807, 2.05) is 13.0 Å². The van der Waals surface area contributed by atoms with Crippen LogP contribution in [0.1, 0.15) is 24.9 Å². The summed E-state index contributed by atoms with van der Waals surface area (Å²) in [5.41, 5.74) is 1.99. The fourth-order valence-electron chi connectivity index (χ4n) is 1.53. The summed E-state index contributed by atoms with van der Waals surface area (Å²) >= 11 is 0. The molecule has 0 aliphatic heterocycles. The summed E-state index contributed by atoms with van der Waals surface area (Å²) in [6.07, 6.45) is 5.58. The average Bonchev–Trinajstić information content (AvgIpc) is 2.18. The normalized spacial score (nSPS) is 10.7. The molecular formula is C11H13N3. The maximum Gasteiger partial charge on any atom is 0.129 e. The third kappa shape index (κ3) is 1.58. The Balaban J connectivity index is 2.60. The Morgan fingerprint density at radius 2 is 2.14 bits per heavy atom. The van der Waals surface area contributed by atoms with E-state index >= 15 is 0 Å². The van der Waals surface area contributed by atoms with Crippen molar-refractivity contribution >= 4 is 10.9 Å². The summed E-state index contributed by atoms with van der Waals surface area (Å²) in [4.78, 5) is 13.0. The fraction of sp³-hybridized carbons (Fsp3) is 0.364. The van der Waals surface area contributed by atoms with Crippen LogP contribution in [0.4, 0.5) is 0 Å². The van der Waals surface area contributed by atoms with Crippen molar-refractivity contribution in [2.45, 2.75) is 26.7 Å². The second-order valence-corrected chi connectivity index (χ2v) is 3.37. The lowest BCUT2D eigenvalue weighted by atomic mass is 10.2. The third-order valence-corrected chi connectivity index (χ3v) is 2.21. The van der Waals surface area contributed by atoms with Gasteiger partial charge in [0.2, 0.25) is 0 Å². The number of rotatable bonds is 2. The first-order valence-corrected chi connectivity index (χ1v) is 4.88. The minimum atomic E-state index is 0.922. The van der Waals surface area contributed by atoms with Gasteiger partial charge in [-0.1, -0.05) is 6.92 Å². The first kappa shape index (κ1) is 9.06. The van der Waals surface area contributed by atoms with Crippen LogP contribution in [0.15, 0.2) is 18.5 Å². The van der Waals surface area contributed by atoms with Crippen molar-refractivity contribution in [3.05, 3.63) is 30.0 Å². The van der Waals surface area contributed by atoms with E-state index in [-0.39, 0.29) is 0 Å². The molecule has 0 radical (unpaired) electrons.